The van der Waals surface area contributed by atoms with E-state index in [4.69, 9.17) is 5.73 Å². The smallest absolute Gasteiger partial charge is 0.150 e. The van der Waals surface area contributed by atoms with E-state index in [0.717, 1.165) is 17.4 Å². The van der Waals surface area contributed by atoms with Gasteiger partial charge in [-0.2, -0.15) is 0 Å². The van der Waals surface area contributed by atoms with Gasteiger partial charge in [-0.1, -0.05) is 60.7 Å². The minimum absolute atomic E-state index is 0.0584. The second kappa shape index (κ2) is 8.25. The van der Waals surface area contributed by atoms with Crippen LogP contribution < -0.4 is 5.73 Å². The second-order valence-electron chi connectivity index (χ2n) is 5.55. The zero-order valence-corrected chi connectivity index (χ0v) is 12.5. The van der Waals surface area contributed by atoms with Gasteiger partial charge in [0.05, 0.1) is 6.04 Å². The zero-order valence-electron chi connectivity index (χ0n) is 12.5. The molecule has 0 bridgehead atoms. The average molecular weight is 295 g/mol. The maximum Gasteiger partial charge on any atom is 0.150 e. The molecular weight excluding hydrogens is 274 g/mol. The number of rotatable bonds is 8. The van der Waals surface area contributed by atoms with Crippen LogP contribution in [-0.4, -0.2) is 18.1 Å². The van der Waals surface area contributed by atoms with Gasteiger partial charge in [-0.05, 0) is 24.0 Å². The first-order chi connectivity index (χ1) is 10.7. The van der Waals surface area contributed by atoms with E-state index < -0.39 is 6.04 Å². The number of nitrogens with two attached hydrogens (primary N) is 1. The molecule has 3 nitrogen and oxygen atoms in total. The molecule has 0 spiro atoms. The van der Waals surface area contributed by atoms with Crippen LogP contribution in [0.15, 0.2) is 60.7 Å². The van der Waals surface area contributed by atoms with Gasteiger partial charge in [0.25, 0.3) is 0 Å². The standard InChI is InChI=1S/C19H21NO2/c20-18(12-16-9-5-2-6-10-16)19(22)13-17(14-21)11-15-7-3-1-4-8-15/h1-10,14,17-18H,11-13,20H2/t17-,18+/m1/s1. The lowest BCUT2D eigenvalue weighted by molar-refractivity contribution is -0.123. The van der Waals surface area contributed by atoms with E-state index in [1.54, 1.807) is 0 Å². The molecule has 3 heteroatoms. The summed E-state index contributed by atoms with van der Waals surface area (Å²) in [6, 6.07) is 18.9. The monoisotopic (exact) mass is 295 g/mol. The predicted octanol–water partition coefficient (Wildman–Crippen LogP) is 2.57. The fraction of sp³-hybridized carbons (Fsp3) is 0.263. The van der Waals surface area contributed by atoms with Crippen LogP contribution >= 0.6 is 0 Å². The highest BCUT2D eigenvalue weighted by Gasteiger charge is 2.19. The topological polar surface area (TPSA) is 60.2 Å². The highest BCUT2D eigenvalue weighted by atomic mass is 16.1. The Bertz CT molecular complexity index is 595. The number of hydrogen-bond donors (Lipinski definition) is 1. The molecule has 0 aliphatic rings. The van der Waals surface area contributed by atoms with E-state index >= 15 is 0 Å². The summed E-state index contributed by atoms with van der Waals surface area (Å²) >= 11 is 0. The van der Waals surface area contributed by atoms with Crippen LogP contribution in [0, 0.1) is 5.92 Å². The third kappa shape index (κ3) is 4.93. The van der Waals surface area contributed by atoms with E-state index in [1.165, 1.54) is 0 Å². The first-order valence-corrected chi connectivity index (χ1v) is 7.50. The summed E-state index contributed by atoms with van der Waals surface area (Å²) < 4.78 is 0. The Hall–Kier alpha value is -2.26. The fourth-order valence-electron chi connectivity index (χ4n) is 2.48. The molecule has 0 amide bonds. The molecule has 0 fully saturated rings. The largest absolute Gasteiger partial charge is 0.321 e. The Morgan fingerprint density at radius 2 is 1.41 bits per heavy atom. The molecule has 114 valence electrons. The number of Topliss-reactive ketones (excluding diaryl/α,β-unsaturated/α-hetero) is 1. The van der Waals surface area contributed by atoms with E-state index in [1.807, 2.05) is 60.7 Å². The number of hydrogen-bond acceptors (Lipinski definition) is 3. The second-order valence-corrected chi connectivity index (χ2v) is 5.55. The van der Waals surface area contributed by atoms with Gasteiger partial charge >= 0.3 is 0 Å². The molecule has 0 saturated carbocycles. The molecule has 0 radical (unpaired) electrons. The van der Waals surface area contributed by atoms with Crippen LogP contribution in [0.5, 0.6) is 0 Å². The van der Waals surface area contributed by atoms with Gasteiger partial charge in [0.2, 0.25) is 0 Å². The lowest BCUT2D eigenvalue weighted by atomic mass is 9.92. The summed E-state index contributed by atoms with van der Waals surface area (Å²) in [5.74, 6) is -0.367. The summed E-state index contributed by atoms with van der Waals surface area (Å²) in [4.78, 5) is 23.5. The molecule has 0 aliphatic carbocycles. The van der Waals surface area contributed by atoms with E-state index in [-0.39, 0.29) is 18.1 Å². The van der Waals surface area contributed by atoms with Gasteiger partial charge in [0.15, 0.2) is 5.78 Å². The van der Waals surface area contributed by atoms with E-state index in [2.05, 4.69) is 0 Å². The minimum Gasteiger partial charge on any atom is -0.321 e. The van der Waals surface area contributed by atoms with Crippen molar-refractivity contribution in [3.05, 3.63) is 71.8 Å². The van der Waals surface area contributed by atoms with Gasteiger partial charge in [0, 0.05) is 12.3 Å². The molecule has 2 rings (SSSR count). The van der Waals surface area contributed by atoms with Crippen LogP contribution in [-0.2, 0) is 22.4 Å². The number of benzene rings is 2. The van der Waals surface area contributed by atoms with Crippen LogP contribution in [0.1, 0.15) is 17.5 Å². The average Bonchev–Trinajstić information content (AvgIpc) is 2.56. The van der Waals surface area contributed by atoms with Gasteiger partial charge in [-0.25, -0.2) is 0 Å². The van der Waals surface area contributed by atoms with Gasteiger partial charge in [-0.15, -0.1) is 0 Å². The minimum atomic E-state index is -0.555. The lowest BCUT2D eigenvalue weighted by Crippen LogP contribution is -2.34. The first-order valence-electron chi connectivity index (χ1n) is 7.50. The van der Waals surface area contributed by atoms with Crippen LogP contribution in [0.3, 0.4) is 0 Å². The Labute approximate surface area is 131 Å². The van der Waals surface area contributed by atoms with E-state index in [9.17, 15) is 9.59 Å². The Morgan fingerprint density at radius 1 is 0.909 bits per heavy atom. The molecule has 22 heavy (non-hydrogen) atoms. The van der Waals surface area contributed by atoms with Crippen molar-refractivity contribution in [2.75, 3.05) is 0 Å². The van der Waals surface area contributed by atoms with Crippen molar-refractivity contribution < 1.29 is 9.59 Å². The van der Waals surface area contributed by atoms with Crippen LogP contribution in [0.25, 0.3) is 0 Å². The summed E-state index contributed by atoms with van der Waals surface area (Å²) in [6.07, 6.45) is 2.15. The third-order valence-corrected chi connectivity index (χ3v) is 3.71. The Balaban J connectivity index is 1.90. The summed E-state index contributed by atoms with van der Waals surface area (Å²) in [5.41, 5.74) is 8.08. The molecule has 2 atom stereocenters. The number of carbonyl (C=O) groups excluding carboxylic acids is 2. The molecule has 2 aromatic rings. The maximum atomic E-state index is 12.2. The normalized spacial score (nSPS) is 13.3. The Morgan fingerprint density at radius 3 is 1.91 bits per heavy atom. The lowest BCUT2D eigenvalue weighted by Gasteiger charge is -2.14. The summed E-state index contributed by atoms with van der Waals surface area (Å²) in [5, 5.41) is 0. The van der Waals surface area contributed by atoms with Gasteiger partial charge < -0.3 is 10.5 Å². The SMILES string of the molecule is N[C@@H](Cc1ccccc1)C(=O)C[C@H](C=O)Cc1ccccc1. The first kappa shape index (κ1) is 16.1. The maximum absolute atomic E-state index is 12.2. The molecule has 0 heterocycles. The highest BCUT2D eigenvalue weighted by molar-refractivity contribution is 5.86. The third-order valence-electron chi connectivity index (χ3n) is 3.71. The highest BCUT2D eigenvalue weighted by Crippen LogP contribution is 2.13. The molecule has 0 aliphatic heterocycles. The molecule has 0 aromatic heterocycles. The molecular formula is C19H21NO2. The summed E-state index contributed by atoms with van der Waals surface area (Å²) in [6.45, 7) is 0. The predicted molar refractivity (Wildman–Crippen MR) is 87.4 cm³/mol. The van der Waals surface area contributed by atoms with Gasteiger partial charge in [0.1, 0.15) is 6.29 Å². The quantitative estimate of drug-likeness (QED) is 0.761. The molecule has 0 unspecified atom stereocenters. The van der Waals surface area contributed by atoms with Crippen molar-refractivity contribution in [3.8, 4) is 0 Å². The number of ketones is 1. The van der Waals surface area contributed by atoms with Crippen LogP contribution in [0.2, 0.25) is 0 Å². The molecule has 2 N–H and O–H groups in total. The van der Waals surface area contributed by atoms with Gasteiger partial charge in [-0.3, -0.25) is 4.79 Å². The number of carbonyl (C=O) groups is 2. The summed E-state index contributed by atoms with van der Waals surface area (Å²) in [7, 11) is 0. The zero-order chi connectivity index (χ0) is 15.8. The van der Waals surface area contributed by atoms with Crippen molar-refractivity contribution in [1.82, 2.24) is 0 Å². The van der Waals surface area contributed by atoms with Crippen molar-refractivity contribution in [3.63, 3.8) is 0 Å². The van der Waals surface area contributed by atoms with Crippen molar-refractivity contribution in [2.45, 2.75) is 25.3 Å². The fourth-order valence-corrected chi connectivity index (χ4v) is 2.48. The number of aldehydes is 1. The Kier molecular flexibility index (Phi) is 6.04. The van der Waals surface area contributed by atoms with Crippen molar-refractivity contribution >= 4 is 12.1 Å². The van der Waals surface area contributed by atoms with E-state index in [0.29, 0.717) is 12.8 Å². The van der Waals surface area contributed by atoms with Crippen molar-refractivity contribution in [2.24, 2.45) is 11.7 Å². The molecule has 2 aromatic carbocycles. The van der Waals surface area contributed by atoms with Crippen molar-refractivity contribution in [1.29, 1.82) is 0 Å². The van der Waals surface area contributed by atoms with Crippen LogP contribution in [0.4, 0.5) is 0 Å². The molecule has 0 saturated heterocycles.